The minimum absolute atomic E-state index is 0.104. The number of hydrogen-bond donors (Lipinski definition) is 1. The molecule has 0 radical (unpaired) electrons. The zero-order valence-corrected chi connectivity index (χ0v) is 19.0. The van der Waals surface area contributed by atoms with Crippen molar-refractivity contribution in [3.8, 4) is 0 Å². The maximum atomic E-state index is 13.2. The van der Waals surface area contributed by atoms with Gasteiger partial charge in [0.2, 0.25) is 0 Å². The lowest BCUT2D eigenvalue weighted by atomic mass is 9.95. The van der Waals surface area contributed by atoms with E-state index in [0.717, 1.165) is 51.8 Å². The van der Waals surface area contributed by atoms with Crippen LogP contribution in [0, 0.1) is 13.8 Å². The Bertz CT molecular complexity index is 1090. The average molecular weight is 425 g/mol. The second-order valence-corrected chi connectivity index (χ2v) is 9.69. The lowest BCUT2D eigenvalue weighted by Gasteiger charge is -2.30. The number of thiophene rings is 1. The Morgan fingerprint density at radius 1 is 1.13 bits per heavy atom. The Kier molecular flexibility index (Phi) is 5.51. The number of carbonyl (C=O) groups is 1. The molecule has 0 saturated carbocycles. The van der Waals surface area contributed by atoms with E-state index >= 15 is 0 Å². The van der Waals surface area contributed by atoms with E-state index in [4.69, 9.17) is 14.7 Å². The van der Waals surface area contributed by atoms with Crippen LogP contribution in [0.3, 0.4) is 0 Å². The molecule has 0 aliphatic carbocycles. The van der Waals surface area contributed by atoms with E-state index in [1.165, 1.54) is 11.3 Å². The monoisotopic (exact) mass is 424 g/mol. The molecule has 1 amide bonds. The number of aromatic nitrogens is 2. The molecule has 0 unspecified atom stereocenters. The van der Waals surface area contributed by atoms with Crippen LogP contribution in [-0.2, 0) is 10.2 Å². The van der Waals surface area contributed by atoms with Crippen LogP contribution in [0.1, 0.15) is 47.5 Å². The van der Waals surface area contributed by atoms with Crippen LogP contribution >= 0.6 is 11.3 Å². The molecule has 1 aliphatic heterocycles. The first-order valence-corrected chi connectivity index (χ1v) is 11.1. The minimum Gasteiger partial charge on any atom is -0.378 e. The van der Waals surface area contributed by atoms with Crippen LogP contribution < -0.4 is 10.2 Å². The molecule has 1 N–H and O–H groups in total. The first-order valence-electron chi connectivity index (χ1n) is 10.3. The summed E-state index contributed by atoms with van der Waals surface area (Å²) >= 11 is 1.44. The van der Waals surface area contributed by atoms with Gasteiger partial charge in [0.1, 0.15) is 10.7 Å². The number of carbonyl (C=O) groups excluding carboxylic acids is 1. The van der Waals surface area contributed by atoms with Crippen molar-refractivity contribution in [2.45, 2.75) is 40.0 Å². The van der Waals surface area contributed by atoms with E-state index in [1.807, 2.05) is 38.1 Å². The topological polar surface area (TPSA) is 67.4 Å². The van der Waals surface area contributed by atoms with Gasteiger partial charge >= 0.3 is 0 Å². The molecule has 3 aromatic rings. The summed E-state index contributed by atoms with van der Waals surface area (Å²) in [6, 6.07) is 7.94. The number of nitrogens with zero attached hydrogens (tertiary/aromatic N) is 3. The molecule has 1 aliphatic rings. The van der Waals surface area contributed by atoms with Crippen molar-refractivity contribution in [1.29, 1.82) is 0 Å². The molecule has 0 bridgehead atoms. The van der Waals surface area contributed by atoms with E-state index in [2.05, 4.69) is 31.0 Å². The predicted molar refractivity (Wildman–Crippen MR) is 123 cm³/mol. The summed E-state index contributed by atoms with van der Waals surface area (Å²) < 4.78 is 5.47. The quantitative estimate of drug-likeness (QED) is 0.660. The molecule has 0 spiro atoms. The van der Waals surface area contributed by atoms with Crippen molar-refractivity contribution in [3.63, 3.8) is 0 Å². The number of benzene rings is 1. The fraction of sp³-hybridized carbons (Fsp3) is 0.435. The Balaban J connectivity index is 1.68. The maximum absolute atomic E-state index is 13.2. The van der Waals surface area contributed by atoms with Gasteiger partial charge in [-0.3, -0.25) is 4.79 Å². The number of hydrogen-bond acceptors (Lipinski definition) is 6. The highest BCUT2D eigenvalue weighted by atomic mass is 32.1. The Morgan fingerprint density at radius 3 is 2.53 bits per heavy atom. The van der Waals surface area contributed by atoms with Gasteiger partial charge in [0, 0.05) is 23.9 Å². The summed E-state index contributed by atoms with van der Waals surface area (Å²) in [7, 11) is 0. The SMILES string of the molecule is Cc1nc(C(C)(C)C)nc2sc(C(=O)Nc3ccccc3N3CCOCC3)c(C)c12. The van der Waals surface area contributed by atoms with E-state index in [-0.39, 0.29) is 11.3 Å². The van der Waals surface area contributed by atoms with Crippen molar-refractivity contribution >= 4 is 38.8 Å². The van der Waals surface area contributed by atoms with Gasteiger partial charge < -0.3 is 15.0 Å². The maximum Gasteiger partial charge on any atom is 0.266 e. The first kappa shape index (κ1) is 20.8. The zero-order chi connectivity index (χ0) is 21.5. The van der Waals surface area contributed by atoms with Crippen molar-refractivity contribution in [2.24, 2.45) is 0 Å². The fourth-order valence-corrected chi connectivity index (χ4v) is 4.86. The average Bonchev–Trinajstić information content (AvgIpc) is 3.05. The second kappa shape index (κ2) is 7.96. The van der Waals surface area contributed by atoms with E-state index in [1.54, 1.807) is 0 Å². The van der Waals surface area contributed by atoms with Gasteiger partial charge in [-0.05, 0) is 31.5 Å². The van der Waals surface area contributed by atoms with Gasteiger partial charge in [-0.2, -0.15) is 0 Å². The second-order valence-electron chi connectivity index (χ2n) is 8.69. The van der Waals surface area contributed by atoms with Crippen molar-refractivity contribution in [3.05, 3.63) is 46.2 Å². The molecule has 2 aromatic heterocycles. The third kappa shape index (κ3) is 3.91. The summed E-state index contributed by atoms with van der Waals surface area (Å²) in [6.07, 6.45) is 0. The van der Waals surface area contributed by atoms with Gasteiger partial charge in [-0.15, -0.1) is 11.3 Å². The molecule has 30 heavy (non-hydrogen) atoms. The highest BCUT2D eigenvalue weighted by molar-refractivity contribution is 7.20. The van der Waals surface area contributed by atoms with Crippen molar-refractivity contribution in [1.82, 2.24) is 9.97 Å². The van der Waals surface area contributed by atoms with Crippen LogP contribution in [0.5, 0.6) is 0 Å². The molecule has 1 aromatic carbocycles. The lowest BCUT2D eigenvalue weighted by Crippen LogP contribution is -2.36. The van der Waals surface area contributed by atoms with Crippen molar-refractivity contribution in [2.75, 3.05) is 36.5 Å². The highest BCUT2D eigenvalue weighted by Gasteiger charge is 2.24. The smallest absolute Gasteiger partial charge is 0.266 e. The molecule has 0 atom stereocenters. The summed E-state index contributed by atoms with van der Waals surface area (Å²) in [5, 5.41) is 4.12. The lowest BCUT2D eigenvalue weighted by molar-refractivity contribution is 0.103. The van der Waals surface area contributed by atoms with Gasteiger partial charge in [0.05, 0.1) is 35.2 Å². The fourth-order valence-electron chi connectivity index (χ4n) is 3.73. The number of para-hydroxylation sites is 2. The van der Waals surface area contributed by atoms with Gasteiger partial charge in [-0.25, -0.2) is 9.97 Å². The predicted octanol–water partition coefficient (Wildman–Crippen LogP) is 4.69. The summed E-state index contributed by atoms with van der Waals surface area (Å²) in [5.74, 6) is 0.700. The van der Waals surface area contributed by atoms with Crippen LogP contribution in [0.25, 0.3) is 10.2 Å². The van der Waals surface area contributed by atoms with Crippen LogP contribution in [0.15, 0.2) is 24.3 Å². The number of nitrogens with one attached hydrogen (secondary N) is 1. The number of ether oxygens (including phenoxy) is 1. The normalized spacial score (nSPS) is 14.9. The van der Waals surface area contributed by atoms with Crippen LogP contribution in [0.4, 0.5) is 11.4 Å². The summed E-state index contributed by atoms with van der Waals surface area (Å²) in [4.78, 5) is 26.5. The number of amides is 1. The number of fused-ring (bicyclic) bond motifs is 1. The largest absolute Gasteiger partial charge is 0.378 e. The Morgan fingerprint density at radius 2 is 1.83 bits per heavy atom. The molecule has 158 valence electrons. The number of anilines is 2. The zero-order valence-electron chi connectivity index (χ0n) is 18.2. The van der Waals surface area contributed by atoms with Crippen molar-refractivity contribution < 1.29 is 9.53 Å². The molecule has 4 rings (SSSR count). The third-order valence-corrected chi connectivity index (χ3v) is 6.54. The molecular formula is C23H28N4O2S. The third-order valence-electron chi connectivity index (χ3n) is 5.35. The standard InChI is InChI=1S/C23H28N4O2S/c1-14-18-15(2)24-22(23(3,4)5)26-21(18)30-19(14)20(28)25-16-8-6-7-9-17(16)27-10-12-29-13-11-27/h6-9H,10-13H2,1-5H3,(H,25,28). The number of rotatable bonds is 3. The summed E-state index contributed by atoms with van der Waals surface area (Å²) in [5.41, 5.74) is 3.57. The Labute approximate surface area is 181 Å². The van der Waals surface area contributed by atoms with Crippen LogP contribution in [-0.4, -0.2) is 42.2 Å². The molecule has 7 heteroatoms. The molecule has 3 heterocycles. The minimum atomic E-state index is -0.142. The number of morpholine rings is 1. The molecule has 6 nitrogen and oxygen atoms in total. The van der Waals surface area contributed by atoms with E-state index in [9.17, 15) is 4.79 Å². The molecular weight excluding hydrogens is 396 g/mol. The molecule has 1 fully saturated rings. The summed E-state index contributed by atoms with van der Waals surface area (Å²) in [6.45, 7) is 13.3. The van der Waals surface area contributed by atoms with E-state index in [0.29, 0.717) is 18.1 Å². The Hall–Kier alpha value is -2.51. The van der Waals surface area contributed by atoms with Gasteiger partial charge in [0.15, 0.2) is 0 Å². The van der Waals surface area contributed by atoms with E-state index < -0.39 is 0 Å². The highest BCUT2D eigenvalue weighted by Crippen LogP contribution is 2.34. The van der Waals surface area contributed by atoms with Crippen LogP contribution in [0.2, 0.25) is 0 Å². The number of aryl methyl sites for hydroxylation is 2. The first-order chi connectivity index (χ1) is 14.3. The van der Waals surface area contributed by atoms with Gasteiger partial charge in [0.25, 0.3) is 5.91 Å². The van der Waals surface area contributed by atoms with Gasteiger partial charge in [-0.1, -0.05) is 32.9 Å². The molecule has 1 saturated heterocycles.